The first-order chi connectivity index (χ1) is 16.9. The van der Waals surface area contributed by atoms with Crippen molar-refractivity contribution in [1.82, 2.24) is 14.9 Å². The van der Waals surface area contributed by atoms with Gasteiger partial charge in [-0.05, 0) is 78.5 Å². The molecule has 2 aromatic heterocycles. The van der Waals surface area contributed by atoms with Crippen molar-refractivity contribution in [2.24, 2.45) is 11.8 Å². The maximum atomic E-state index is 12.5. The lowest BCUT2D eigenvalue weighted by Crippen LogP contribution is -2.29. The monoisotopic (exact) mass is 569 g/mol. The quantitative estimate of drug-likeness (QED) is 0.348. The maximum absolute atomic E-state index is 12.5. The first kappa shape index (κ1) is 26.6. The molecule has 9 heteroatoms. The topological polar surface area (TPSA) is 55.3 Å². The number of ketones is 1. The summed E-state index contributed by atoms with van der Waals surface area (Å²) in [6.07, 6.45) is 8.21. The molecular formula is C26H34BrF2N3O2S. The molecule has 0 spiro atoms. The van der Waals surface area contributed by atoms with Gasteiger partial charge in [0.25, 0.3) is 6.43 Å². The van der Waals surface area contributed by atoms with Gasteiger partial charge in [-0.3, -0.25) is 4.79 Å². The summed E-state index contributed by atoms with van der Waals surface area (Å²) < 4.78 is 30.8. The number of alkyl halides is 2. The Balaban J connectivity index is 1.17. The second-order valence-electron chi connectivity index (χ2n) is 9.87. The zero-order chi connectivity index (χ0) is 24.8. The molecule has 2 aliphatic rings. The Morgan fingerprint density at radius 2 is 1.97 bits per heavy atom. The van der Waals surface area contributed by atoms with E-state index in [4.69, 9.17) is 4.74 Å². The van der Waals surface area contributed by atoms with E-state index in [1.165, 1.54) is 24.8 Å². The summed E-state index contributed by atoms with van der Waals surface area (Å²) >= 11 is 5.04. The number of ether oxygens (including phenoxy) is 1. The lowest BCUT2D eigenvalue weighted by Gasteiger charge is -2.30. The molecule has 0 saturated heterocycles. The van der Waals surface area contributed by atoms with Crippen LogP contribution in [0.25, 0.3) is 0 Å². The molecule has 1 aliphatic heterocycles. The van der Waals surface area contributed by atoms with Crippen LogP contribution in [0.3, 0.4) is 0 Å². The number of hydrogen-bond acceptors (Lipinski definition) is 6. The summed E-state index contributed by atoms with van der Waals surface area (Å²) in [4.78, 5) is 24.8. The zero-order valence-corrected chi connectivity index (χ0v) is 22.7. The number of carbonyl (C=O) groups is 1. The molecule has 0 N–H and O–H groups in total. The summed E-state index contributed by atoms with van der Waals surface area (Å²) in [5, 5.41) is 1.02. The van der Waals surface area contributed by atoms with Gasteiger partial charge in [0, 0.05) is 49.1 Å². The van der Waals surface area contributed by atoms with Gasteiger partial charge in [0.15, 0.2) is 6.61 Å². The highest BCUT2D eigenvalue weighted by molar-refractivity contribution is 9.10. The molecule has 4 rings (SSSR count). The highest BCUT2D eigenvalue weighted by Crippen LogP contribution is 2.34. The Morgan fingerprint density at radius 1 is 1.23 bits per heavy atom. The molecule has 0 radical (unpaired) electrons. The first-order valence-electron chi connectivity index (χ1n) is 12.6. The SMILES string of the molecule is Cc1ncc(CC(=O)CC2CCC(CCN3CCc4cc(Br)c(OCC(F)F)nc4CC3)CC2)s1. The van der Waals surface area contributed by atoms with E-state index in [2.05, 4.69) is 30.8 Å². The van der Waals surface area contributed by atoms with Gasteiger partial charge < -0.3 is 9.64 Å². The number of pyridine rings is 1. The van der Waals surface area contributed by atoms with Crippen LogP contribution in [-0.2, 0) is 24.1 Å². The van der Waals surface area contributed by atoms with Crippen molar-refractivity contribution >= 4 is 33.0 Å². The van der Waals surface area contributed by atoms with Crippen LogP contribution in [0.5, 0.6) is 5.88 Å². The second kappa shape index (κ2) is 12.7. The Morgan fingerprint density at radius 3 is 2.69 bits per heavy atom. The number of fused-ring (bicyclic) bond motifs is 1. The van der Waals surface area contributed by atoms with E-state index < -0.39 is 13.0 Å². The molecule has 0 aromatic carbocycles. The van der Waals surface area contributed by atoms with E-state index in [-0.39, 0.29) is 5.88 Å². The third kappa shape index (κ3) is 8.02. The van der Waals surface area contributed by atoms with Gasteiger partial charge in [-0.15, -0.1) is 11.3 Å². The lowest BCUT2D eigenvalue weighted by atomic mass is 9.78. The number of carbonyl (C=O) groups excluding carboxylic acids is 1. The predicted octanol–water partition coefficient (Wildman–Crippen LogP) is 6.05. The molecule has 1 saturated carbocycles. The molecule has 5 nitrogen and oxygen atoms in total. The van der Waals surface area contributed by atoms with Crippen molar-refractivity contribution in [2.75, 3.05) is 26.2 Å². The zero-order valence-electron chi connectivity index (χ0n) is 20.3. The van der Waals surface area contributed by atoms with Crippen LogP contribution in [0.4, 0.5) is 8.78 Å². The van der Waals surface area contributed by atoms with Crippen LogP contribution >= 0.6 is 27.3 Å². The minimum Gasteiger partial charge on any atom is -0.471 e. The Hall–Kier alpha value is -1.45. The van der Waals surface area contributed by atoms with E-state index in [0.717, 1.165) is 66.8 Å². The standard InChI is InChI=1S/C26H34BrF2N3O2S/c1-17-30-15-22(35-17)14-21(33)12-19-4-2-18(3-5-19)6-9-32-10-7-20-13-23(27)26(34-16-25(28)29)31-24(20)8-11-32/h13,15,18-19,25H,2-12,14,16H2,1H3. The van der Waals surface area contributed by atoms with Gasteiger partial charge in [-0.1, -0.05) is 12.8 Å². The fourth-order valence-corrected chi connectivity index (χ4v) is 6.57. The average molecular weight is 571 g/mol. The molecular weight excluding hydrogens is 536 g/mol. The molecule has 2 aromatic rings. The number of halogens is 3. The minimum atomic E-state index is -2.51. The van der Waals surface area contributed by atoms with Gasteiger partial charge in [-0.2, -0.15) is 0 Å². The van der Waals surface area contributed by atoms with Crippen molar-refractivity contribution in [3.63, 3.8) is 0 Å². The van der Waals surface area contributed by atoms with Gasteiger partial charge in [0.1, 0.15) is 5.78 Å². The number of aryl methyl sites for hydroxylation is 1. The fraction of sp³-hybridized carbons (Fsp3) is 0.654. The van der Waals surface area contributed by atoms with Crippen LogP contribution in [0, 0.1) is 18.8 Å². The molecule has 0 bridgehead atoms. The molecule has 1 aliphatic carbocycles. The van der Waals surface area contributed by atoms with Crippen LogP contribution < -0.4 is 4.74 Å². The number of aromatic nitrogens is 2. The normalized spacial score (nSPS) is 21.1. The van der Waals surface area contributed by atoms with E-state index >= 15 is 0 Å². The van der Waals surface area contributed by atoms with Crippen molar-refractivity contribution < 1.29 is 18.3 Å². The van der Waals surface area contributed by atoms with Crippen LogP contribution in [0.15, 0.2) is 16.7 Å². The molecule has 35 heavy (non-hydrogen) atoms. The molecule has 192 valence electrons. The number of nitrogens with zero attached hydrogens (tertiary/aromatic N) is 3. The van der Waals surface area contributed by atoms with Gasteiger partial charge in [0.2, 0.25) is 5.88 Å². The summed E-state index contributed by atoms with van der Waals surface area (Å²) in [6.45, 7) is 4.32. The summed E-state index contributed by atoms with van der Waals surface area (Å²) in [6, 6.07) is 1.98. The third-order valence-corrected chi connectivity index (χ3v) is 8.68. The molecule has 1 fully saturated rings. The predicted molar refractivity (Wildman–Crippen MR) is 138 cm³/mol. The van der Waals surface area contributed by atoms with Gasteiger partial charge in [-0.25, -0.2) is 18.7 Å². The highest BCUT2D eigenvalue weighted by atomic mass is 79.9. The largest absolute Gasteiger partial charge is 0.471 e. The van der Waals surface area contributed by atoms with E-state index in [1.54, 1.807) is 11.3 Å². The molecule has 0 amide bonds. The highest BCUT2D eigenvalue weighted by Gasteiger charge is 2.25. The van der Waals surface area contributed by atoms with Crippen molar-refractivity contribution in [3.05, 3.63) is 37.9 Å². The smallest absolute Gasteiger partial charge is 0.272 e. The number of hydrogen-bond donors (Lipinski definition) is 0. The minimum absolute atomic E-state index is 0.259. The maximum Gasteiger partial charge on any atom is 0.272 e. The first-order valence-corrected chi connectivity index (χ1v) is 14.2. The van der Waals surface area contributed by atoms with Crippen LogP contribution in [0.2, 0.25) is 0 Å². The number of rotatable bonds is 10. The van der Waals surface area contributed by atoms with Crippen molar-refractivity contribution in [3.8, 4) is 5.88 Å². The van der Waals surface area contributed by atoms with E-state index in [1.807, 2.05) is 19.2 Å². The Bertz CT molecular complexity index is 995. The summed E-state index contributed by atoms with van der Waals surface area (Å²) in [5.41, 5.74) is 2.13. The van der Waals surface area contributed by atoms with Crippen molar-refractivity contribution in [2.45, 2.75) is 71.1 Å². The number of thiazole rings is 1. The van der Waals surface area contributed by atoms with Crippen molar-refractivity contribution in [1.29, 1.82) is 0 Å². The van der Waals surface area contributed by atoms with Crippen LogP contribution in [-0.4, -0.2) is 53.3 Å². The Labute approximate surface area is 218 Å². The molecule has 3 heterocycles. The van der Waals surface area contributed by atoms with Gasteiger partial charge in [0.05, 0.1) is 9.48 Å². The van der Waals surface area contributed by atoms with Crippen LogP contribution in [0.1, 0.15) is 59.7 Å². The number of Topliss-reactive ketones (excluding diaryl/α,β-unsaturated/α-hetero) is 1. The lowest BCUT2D eigenvalue weighted by molar-refractivity contribution is -0.119. The van der Waals surface area contributed by atoms with E-state index in [9.17, 15) is 13.6 Å². The summed E-state index contributed by atoms with van der Waals surface area (Å²) in [7, 11) is 0. The summed E-state index contributed by atoms with van der Waals surface area (Å²) in [5.74, 6) is 1.88. The fourth-order valence-electron chi connectivity index (χ4n) is 5.26. The molecule has 0 unspecified atom stereocenters. The Kier molecular flexibility index (Phi) is 9.64. The van der Waals surface area contributed by atoms with Gasteiger partial charge >= 0.3 is 0 Å². The molecule has 0 atom stereocenters. The third-order valence-electron chi connectivity index (χ3n) is 7.20. The van der Waals surface area contributed by atoms with E-state index in [0.29, 0.717) is 29.0 Å². The second-order valence-corrected chi connectivity index (χ2v) is 12.0. The average Bonchev–Trinajstić information content (AvgIpc) is 3.12.